The van der Waals surface area contributed by atoms with E-state index >= 15 is 0 Å². The van der Waals surface area contributed by atoms with Crippen LogP contribution in [-0.4, -0.2) is 13.3 Å². The third kappa shape index (κ3) is 2.60. The molecule has 0 saturated heterocycles. The molecule has 1 aliphatic carbocycles. The molecule has 114 valence electrons. The number of nitrogens with zero attached hydrogens (tertiary/aromatic N) is 1. The fourth-order valence-electron chi connectivity index (χ4n) is 2.77. The average molecular weight is 318 g/mol. The van der Waals surface area contributed by atoms with E-state index in [-0.39, 0.29) is 10.9 Å². The molecule has 0 heterocycles. The number of nitro groups is 1. The van der Waals surface area contributed by atoms with Crippen molar-refractivity contribution in [2.24, 2.45) is 0 Å². The van der Waals surface area contributed by atoms with Crippen LogP contribution in [0.5, 0.6) is 0 Å². The smallest absolute Gasteiger partial charge is 0.258 e. The molecular weight excluding hydrogens is 304 g/mol. The summed E-state index contributed by atoms with van der Waals surface area (Å²) < 4.78 is 27.6. The number of benzene rings is 2. The van der Waals surface area contributed by atoms with E-state index in [4.69, 9.17) is 0 Å². The first-order chi connectivity index (χ1) is 10.5. The lowest BCUT2D eigenvalue weighted by atomic mass is 10.1. The van der Waals surface area contributed by atoms with Gasteiger partial charge in [-0.3, -0.25) is 10.1 Å². The Balaban J connectivity index is 1.95. The largest absolute Gasteiger partial charge is 0.289 e. The summed E-state index contributed by atoms with van der Waals surface area (Å²) in [4.78, 5) is 10.0. The number of aryl methyl sites for hydroxylation is 1. The topological polar surface area (TPSA) is 89.3 Å². The molecule has 0 fully saturated rings. The van der Waals surface area contributed by atoms with Gasteiger partial charge >= 0.3 is 0 Å². The molecule has 2 aromatic rings. The highest BCUT2D eigenvalue weighted by atomic mass is 32.2. The Labute approximate surface area is 128 Å². The van der Waals surface area contributed by atoms with Gasteiger partial charge in [-0.1, -0.05) is 36.4 Å². The first-order valence-corrected chi connectivity index (χ1v) is 8.31. The molecule has 7 heteroatoms. The molecule has 0 aromatic heterocycles. The van der Waals surface area contributed by atoms with Crippen LogP contribution in [0.1, 0.15) is 23.6 Å². The fourth-order valence-corrected chi connectivity index (χ4v) is 4.19. The van der Waals surface area contributed by atoms with Crippen molar-refractivity contribution < 1.29 is 13.3 Å². The third-order valence-electron chi connectivity index (χ3n) is 3.78. The van der Waals surface area contributed by atoms with Gasteiger partial charge in [0, 0.05) is 12.1 Å². The zero-order valence-corrected chi connectivity index (χ0v) is 12.4. The molecule has 2 aromatic carbocycles. The molecule has 1 N–H and O–H groups in total. The Morgan fingerprint density at radius 3 is 2.55 bits per heavy atom. The molecule has 1 unspecified atom stereocenters. The van der Waals surface area contributed by atoms with Gasteiger partial charge in [0.05, 0.1) is 4.92 Å². The predicted octanol–water partition coefficient (Wildman–Crippen LogP) is 2.56. The second-order valence-corrected chi connectivity index (χ2v) is 6.82. The minimum atomic E-state index is -3.95. The summed E-state index contributed by atoms with van der Waals surface area (Å²) in [5, 5.41) is 11.0. The summed E-state index contributed by atoms with van der Waals surface area (Å²) in [6.45, 7) is 0. The van der Waals surface area contributed by atoms with Gasteiger partial charge in [0.2, 0.25) is 10.0 Å². The monoisotopic (exact) mass is 318 g/mol. The van der Waals surface area contributed by atoms with Crippen molar-refractivity contribution in [1.82, 2.24) is 4.72 Å². The maximum atomic E-state index is 12.5. The molecule has 1 atom stereocenters. The number of rotatable bonds is 4. The Hall–Kier alpha value is -2.25. The van der Waals surface area contributed by atoms with Gasteiger partial charge in [-0.25, -0.2) is 13.1 Å². The molecule has 0 aliphatic heterocycles. The van der Waals surface area contributed by atoms with E-state index in [1.165, 1.54) is 24.3 Å². The van der Waals surface area contributed by atoms with Crippen molar-refractivity contribution in [3.05, 3.63) is 69.8 Å². The van der Waals surface area contributed by atoms with Crippen molar-refractivity contribution in [3.8, 4) is 0 Å². The molecule has 1 aliphatic rings. The van der Waals surface area contributed by atoms with Crippen LogP contribution in [0.3, 0.4) is 0 Å². The van der Waals surface area contributed by atoms with Gasteiger partial charge in [-0.15, -0.1) is 0 Å². The molecule has 0 amide bonds. The predicted molar refractivity (Wildman–Crippen MR) is 80.9 cm³/mol. The number of hydrogen-bond acceptors (Lipinski definition) is 4. The zero-order chi connectivity index (χ0) is 15.7. The van der Waals surface area contributed by atoms with Gasteiger partial charge < -0.3 is 0 Å². The number of sulfonamides is 1. The van der Waals surface area contributed by atoms with E-state index in [0.29, 0.717) is 6.42 Å². The van der Waals surface area contributed by atoms with E-state index in [2.05, 4.69) is 4.72 Å². The van der Waals surface area contributed by atoms with Crippen molar-refractivity contribution >= 4 is 15.7 Å². The van der Waals surface area contributed by atoms with Crippen LogP contribution in [-0.2, 0) is 16.4 Å². The lowest BCUT2D eigenvalue weighted by Gasteiger charge is -2.14. The molecule has 0 radical (unpaired) electrons. The Morgan fingerprint density at radius 1 is 1.09 bits per heavy atom. The van der Waals surface area contributed by atoms with Crippen molar-refractivity contribution in [2.75, 3.05) is 0 Å². The van der Waals surface area contributed by atoms with Crippen LogP contribution in [0.4, 0.5) is 5.69 Å². The maximum Gasteiger partial charge on any atom is 0.289 e. The van der Waals surface area contributed by atoms with Crippen LogP contribution >= 0.6 is 0 Å². The molecular formula is C15H14N2O4S. The van der Waals surface area contributed by atoms with Gasteiger partial charge in [0.25, 0.3) is 5.69 Å². The lowest BCUT2D eigenvalue weighted by Crippen LogP contribution is -2.27. The standard InChI is InChI=1S/C15H14N2O4S/c18-17(19)14-7-3-4-8-15(14)22(20,21)16-13-10-9-11-5-1-2-6-12(11)13/h1-8,13,16H,9-10H2. The Morgan fingerprint density at radius 2 is 1.77 bits per heavy atom. The van der Waals surface area contributed by atoms with Crippen molar-refractivity contribution in [3.63, 3.8) is 0 Å². The van der Waals surface area contributed by atoms with Crippen LogP contribution < -0.4 is 4.72 Å². The van der Waals surface area contributed by atoms with E-state index in [1.54, 1.807) is 0 Å². The second kappa shape index (κ2) is 5.51. The number of nitrogens with one attached hydrogen (secondary N) is 1. The first-order valence-electron chi connectivity index (χ1n) is 6.82. The summed E-state index contributed by atoms with van der Waals surface area (Å²) in [5.74, 6) is 0. The molecule has 0 bridgehead atoms. The van der Waals surface area contributed by atoms with Crippen LogP contribution in [0, 0.1) is 10.1 Å². The summed E-state index contributed by atoms with van der Waals surface area (Å²) in [7, 11) is -3.95. The van der Waals surface area contributed by atoms with E-state index in [0.717, 1.165) is 17.5 Å². The lowest BCUT2D eigenvalue weighted by molar-refractivity contribution is -0.387. The van der Waals surface area contributed by atoms with Crippen LogP contribution in [0.25, 0.3) is 0 Å². The van der Waals surface area contributed by atoms with Gasteiger partial charge in [0.1, 0.15) is 0 Å². The quantitative estimate of drug-likeness (QED) is 0.693. The number of hydrogen-bond donors (Lipinski definition) is 1. The molecule has 0 spiro atoms. The van der Waals surface area contributed by atoms with Crippen molar-refractivity contribution in [1.29, 1.82) is 0 Å². The molecule has 6 nitrogen and oxygen atoms in total. The van der Waals surface area contributed by atoms with Crippen LogP contribution in [0.2, 0.25) is 0 Å². The van der Waals surface area contributed by atoms with E-state index < -0.39 is 20.6 Å². The summed E-state index contributed by atoms with van der Waals surface area (Å²) in [6.07, 6.45) is 1.44. The van der Waals surface area contributed by atoms with Gasteiger partial charge in [0.15, 0.2) is 4.90 Å². The normalized spacial score (nSPS) is 17.2. The minimum absolute atomic E-state index is 0.301. The Kier molecular flexibility index (Phi) is 3.67. The Bertz CT molecular complexity index is 833. The number of nitro benzene ring substituents is 1. The average Bonchev–Trinajstić information content (AvgIpc) is 2.90. The van der Waals surface area contributed by atoms with Crippen molar-refractivity contribution in [2.45, 2.75) is 23.8 Å². The molecule has 22 heavy (non-hydrogen) atoms. The van der Waals surface area contributed by atoms with E-state index in [1.807, 2.05) is 24.3 Å². The van der Waals surface area contributed by atoms with Gasteiger partial charge in [-0.05, 0) is 30.0 Å². The zero-order valence-electron chi connectivity index (χ0n) is 11.6. The van der Waals surface area contributed by atoms with Crippen LogP contribution in [0.15, 0.2) is 53.4 Å². The van der Waals surface area contributed by atoms with Gasteiger partial charge in [-0.2, -0.15) is 0 Å². The number of para-hydroxylation sites is 1. The highest BCUT2D eigenvalue weighted by Crippen LogP contribution is 2.33. The summed E-state index contributed by atoms with van der Waals surface area (Å²) in [6, 6.07) is 12.6. The first kappa shape index (κ1) is 14.7. The maximum absolute atomic E-state index is 12.5. The minimum Gasteiger partial charge on any atom is -0.258 e. The molecule has 3 rings (SSSR count). The van der Waals surface area contributed by atoms with E-state index in [9.17, 15) is 18.5 Å². The summed E-state index contributed by atoms with van der Waals surface area (Å²) >= 11 is 0. The summed E-state index contributed by atoms with van der Waals surface area (Å²) in [5.41, 5.74) is 1.63. The fraction of sp³-hybridized carbons (Fsp3) is 0.200. The second-order valence-electron chi connectivity index (χ2n) is 5.14. The highest BCUT2D eigenvalue weighted by Gasteiger charge is 2.31. The SMILES string of the molecule is O=[N+]([O-])c1ccccc1S(=O)(=O)NC1CCc2ccccc21. The highest BCUT2D eigenvalue weighted by molar-refractivity contribution is 7.89. The number of fused-ring (bicyclic) bond motifs is 1. The molecule has 0 saturated carbocycles. The third-order valence-corrected chi connectivity index (χ3v) is 5.30.